The number of halogens is 2. The summed E-state index contributed by atoms with van der Waals surface area (Å²) in [5, 5.41) is 12.9. The van der Waals surface area contributed by atoms with Gasteiger partial charge in [-0.2, -0.15) is 0 Å². The predicted octanol–water partition coefficient (Wildman–Crippen LogP) is 4.39. The van der Waals surface area contributed by atoms with E-state index in [1.807, 2.05) is 0 Å². The highest BCUT2D eigenvalue weighted by Gasteiger charge is 2.61. The zero-order chi connectivity index (χ0) is 21.0. The summed E-state index contributed by atoms with van der Waals surface area (Å²) >= 11 is 13.5. The van der Waals surface area contributed by atoms with Gasteiger partial charge < -0.3 is 11.2 Å². The van der Waals surface area contributed by atoms with E-state index < -0.39 is 0 Å². The normalized spacial score (nSPS) is 27.3. The van der Waals surface area contributed by atoms with Gasteiger partial charge in [0.15, 0.2) is 5.82 Å². The maximum absolute atomic E-state index is 12.6. The fraction of sp³-hybridized carbons (Fsp3) is 0.550. The molecule has 1 heterocycles. The molecule has 3 atom stereocenters. The van der Waals surface area contributed by atoms with Gasteiger partial charge in [0.25, 0.3) is 0 Å². The molecule has 2 aliphatic carbocycles. The van der Waals surface area contributed by atoms with Gasteiger partial charge in [0.2, 0.25) is 11.1 Å². The summed E-state index contributed by atoms with van der Waals surface area (Å²) in [6, 6.07) is 5.32. The lowest BCUT2D eigenvalue weighted by Crippen LogP contribution is -2.47. The molecule has 2 fully saturated rings. The van der Waals surface area contributed by atoms with Gasteiger partial charge in [-0.05, 0) is 54.2 Å². The van der Waals surface area contributed by atoms with Crippen molar-refractivity contribution in [1.82, 2.24) is 20.2 Å². The zero-order valence-corrected chi connectivity index (χ0v) is 19.0. The van der Waals surface area contributed by atoms with Gasteiger partial charge >= 0.3 is 0 Å². The lowest BCUT2D eigenvalue weighted by Gasteiger charge is -2.39. The van der Waals surface area contributed by atoms with Crippen molar-refractivity contribution in [2.45, 2.75) is 51.2 Å². The number of fused-ring (bicyclic) bond motifs is 2. The number of carbonyl (C=O) groups is 1. The van der Waals surface area contributed by atoms with Gasteiger partial charge in [0.1, 0.15) is 0 Å². The van der Waals surface area contributed by atoms with Gasteiger partial charge in [-0.25, -0.2) is 4.68 Å². The zero-order valence-electron chi connectivity index (χ0n) is 16.7. The van der Waals surface area contributed by atoms with E-state index in [-0.39, 0.29) is 28.5 Å². The van der Waals surface area contributed by atoms with Gasteiger partial charge in [-0.3, -0.25) is 4.79 Å². The average molecular weight is 454 g/mol. The largest absolute Gasteiger partial charge is 0.352 e. The molecule has 29 heavy (non-hydrogen) atoms. The highest BCUT2D eigenvalue weighted by atomic mass is 35.5. The van der Waals surface area contributed by atoms with Crippen LogP contribution in [0, 0.1) is 16.7 Å². The predicted molar refractivity (Wildman–Crippen MR) is 118 cm³/mol. The second kappa shape index (κ2) is 7.36. The van der Waals surface area contributed by atoms with Crippen molar-refractivity contribution >= 4 is 40.9 Å². The van der Waals surface area contributed by atoms with Crippen molar-refractivity contribution in [3.63, 3.8) is 0 Å². The molecule has 1 amide bonds. The Bertz CT molecular complexity index is 962. The maximum Gasteiger partial charge on any atom is 0.230 e. The second-order valence-corrected chi connectivity index (χ2v) is 10.6. The molecule has 3 N–H and O–H groups in total. The number of thioether (sulfide) groups is 1. The van der Waals surface area contributed by atoms with Gasteiger partial charge in [0.05, 0.1) is 10.8 Å². The Morgan fingerprint density at radius 3 is 2.72 bits per heavy atom. The number of rotatable bonds is 5. The van der Waals surface area contributed by atoms with E-state index in [0.717, 1.165) is 6.42 Å². The fourth-order valence-corrected chi connectivity index (χ4v) is 6.18. The van der Waals surface area contributed by atoms with Crippen LogP contribution >= 0.6 is 35.0 Å². The minimum Gasteiger partial charge on any atom is -0.352 e. The summed E-state index contributed by atoms with van der Waals surface area (Å²) in [6.07, 6.45) is 3.49. The summed E-state index contributed by atoms with van der Waals surface area (Å²) in [5.74, 6) is 7.49. The molecule has 4 rings (SSSR count). The van der Waals surface area contributed by atoms with Crippen LogP contribution in [0.2, 0.25) is 10.0 Å². The summed E-state index contributed by atoms with van der Waals surface area (Å²) in [6.45, 7) is 6.99. The van der Waals surface area contributed by atoms with Crippen LogP contribution in [0.3, 0.4) is 0 Å². The molecule has 2 bridgehead atoms. The Labute approximate surface area is 184 Å². The Morgan fingerprint density at radius 1 is 1.34 bits per heavy atom. The molecule has 2 aliphatic rings. The number of nitrogen functional groups attached to an aromatic ring is 1. The molecular weight excluding hydrogens is 429 g/mol. The smallest absolute Gasteiger partial charge is 0.230 e. The van der Waals surface area contributed by atoms with Gasteiger partial charge in [0, 0.05) is 16.6 Å². The minimum absolute atomic E-state index is 0.00125. The number of amides is 1. The number of benzene rings is 1. The molecule has 0 saturated heterocycles. The number of aromatic nitrogens is 3. The van der Waals surface area contributed by atoms with Gasteiger partial charge in [-0.15, -0.1) is 10.2 Å². The SMILES string of the molecule is CC1(C)C2CCC1(C)C(NC(=O)CSc1nnc(-c3ccc(Cl)cc3Cl)n1N)C2. The van der Waals surface area contributed by atoms with Crippen LogP contribution < -0.4 is 11.2 Å². The van der Waals surface area contributed by atoms with E-state index in [0.29, 0.717) is 32.5 Å². The van der Waals surface area contributed by atoms with E-state index in [4.69, 9.17) is 29.0 Å². The van der Waals surface area contributed by atoms with E-state index >= 15 is 0 Å². The summed E-state index contributed by atoms with van der Waals surface area (Å²) in [7, 11) is 0. The number of nitrogens with zero attached hydrogens (tertiary/aromatic N) is 3. The van der Waals surface area contributed by atoms with Crippen molar-refractivity contribution in [3.05, 3.63) is 28.2 Å². The van der Waals surface area contributed by atoms with Crippen LogP contribution in [0.5, 0.6) is 0 Å². The van der Waals surface area contributed by atoms with Crippen LogP contribution in [-0.4, -0.2) is 32.6 Å². The van der Waals surface area contributed by atoms with Crippen molar-refractivity contribution in [3.8, 4) is 11.4 Å². The molecule has 3 unspecified atom stereocenters. The lowest BCUT2D eigenvalue weighted by atomic mass is 9.69. The molecule has 0 spiro atoms. The van der Waals surface area contributed by atoms with E-state index in [2.05, 4.69) is 36.3 Å². The van der Waals surface area contributed by atoms with Crippen molar-refractivity contribution in [2.24, 2.45) is 16.7 Å². The Kier molecular flexibility index (Phi) is 5.28. The molecule has 1 aromatic heterocycles. The molecule has 0 radical (unpaired) electrons. The Hall–Kier alpha value is -1.44. The fourth-order valence-electron chi connectivity index (χ4n) is 5.02. The number of carbonyl (C=O) groups excluding carboxylic acids is 1. The molecule has 2 saturated carbocycles. The number of hydrogen-bond donors (Lipinski definition) is 2. The Balaban J connectivity index is 1.40. The van der Waals surface area contributed by atoms with Crippen molar-refractivity contribution in [1.29, 1.82) is 0 Å². The number of nitrogens with two attached hydrogens (primary N) is 1. The summed E-state index contributed by atoms with van der Waals surface area (Å²) in [4.78, 5) is 12.6. The standard InChI is InChI=1S/C20H25Cl2N5OS/c1-19(2)11-6-7-20(19,3)15(8-11)24-16(28)10-29-18-26-25-17(27(18)23)13-5-4-12(21)9-14(13)22/h4-5,9,11,15H,6-8,10,23H2,1-3H3,(H,24,28). The van der Waals surface area contributed by atoms with Crippen molar-refractivity contribution in [2.75, 3.05) is 11.6 Å². The van der Waals surface area contributed by atoms with Crippen LogP contribution in [0.4, 0.5) is 0 Å². The lowest BCUT2D eigenvalue weighted by molar-refractivity contribution is -0.120. The average Bonchev–Trinajstić information content (AvgIpc) is 3.18. The maximum atomic E-state index is 12.6. The Morgan fingerprint density at radius 2 is 2.10 bits per heavy atom. The minimum atomic E-state index is -0.00125. The monoisotopic (exact) mass is 453 g/mol. The first-order chi connectivity index (χ1) is 13.6. The molecule has 6 nitrogen and oxygen atoms in total. The van der Waals surface area contributed by atoms with Crippen LogP contribution in [0.15, 0.2) is 23.4 Å². The van der Waals surface area contributed by atoms with E-state index in [9.17, 15) is 4.79 Å². The quantitative estimate of drug-likeness (QED) is 0.517. The van der Waals surface area contributed by atoms with Gasteiger partial charge in [-0.1, -0.05) is 55.7 Å². The second-order valence-electron chi connectivity index (χ2n) is 8.82. The summed E-state index contributed by atoms with van der Waals surface area (Å²) < 4.78 is 1.36. The highest BCUT2D eigenvalue weighted by Crippen LogP contribution is 2.65. The van der Waals surface area contributed by atoms with Crippen molar-refractivity contribution < 1.29 is 4.79 Å². The highest BCUT2D eigenvalue weighted by molar-refractivity contribution is 7.99. The molecule has 2 aromatic rings. The first-order valence-corrected chi connectivity index (χ1v) is 11.5. The van der Waals surface area contributed by atoms with Crippen LogP contribution in [0.1, 0.15) is 40.0 Å². The molecule has 0 aliphatic heterocycles. The molecule has 1 aromatic carbocycles. The summed E-state index contributed by atoms with van der Waals surface area (Å²) in [5.41, 5.74) is 1.06. The third-order valence-corrected chi connectivity index (χ3v) is 8.79. The number of nitrogens with one attached hydrogen (secondary N) is 1. The van der Waals surface area contributed by atoms with Crippen LogP contribution in [-0.2, 0) is 4.79 Å². The first kappa shape index (κ1) is 20.8. The topological polar surface area (TPSA) is 85.8 Å². The number of hydrogen-bond acceptors (Lipinski definition) is 5. The molecule has 156 valence electrons. The third kappa shape index (κ3) is 3.41. The molecule has 9 heteroatoms. The van der Waals surface area contributed by atoms with Crippen LogP contribution in [0.25, 0.3) is 11.4 Å². The van der Waals surface area contributed by atoms with E-state index in [1.54, 1.807) is 18.2 Å². The third-order valence-electron chi connectivity index (χ3n) is 7.30. The molecular formula is C20H25Cl2N5OS. The first-order valence-electron chi connectivity index (χ1n) is 9.71. The van der Waals surface area contributed by atoms with E-state index in [1.165, 1.54) is 29.3 Å².